The Balaban J connectivity index is 1.62. The summed E-state index contributed by atoms with van der Waals surface area (Å²) in [6, 6.07) is 15.1. The summed E-state index contributed by atoms with van der Waals surface area (Å²) in [5, 5.41) is 19.1. The highest BCUT2D eigenvalue weighted by molar-refractivity contribution is 7.99. The van der Waals surface area contributed by atoms with Crippen LogP contribution in [0.3, 0.4) is 0 Å². The van der Waals surface area contributed by atoms with Gasteiger partial charge in [0.2, 0.25) is 11.8 Å². The second-order valence-corrected chi connectivity index (χ2v) is 9.66. The SMILES string of the molecule is CC(C)Cn1c(S[C@@H](C)c2nnc(-c3ccccc3)o2)nnc1-c1ccc(Cl)cc1Cl. The Labute approximate surface area is 195 Å². The van der Waals surface area contributed by atoms with Gasteiger partial charge in [-0.05, 0) is 43.2 Å². The summed E-state index contributed by atoms with van der Waals surface area (Å²) in [7, 11) is 0. The fourth-order valence-corrected chi connectivity index (χ4v) is 4.46. The lowest BCUT2D eigenvalue weighted by atomic mass is 10.2. The molecule has 0 aliphatic carbocycles. The van der Waals surface area contributed by atoms with Gasteiger partial charge in [-0.2, -0.15) is 0 Å². The number of nitrogens with zero attached hydrogens (tertiary/aromatic N) is 5. The fraction of sp³-hybridized carbons (Fsp3) is 0.273. The van der Waals surface area contributed by atoms with Gasteiger partial charge in [-0.1, -0.05) is 67.0 Å². The van der Waals surface area contributed by atoms with Crippen LogP contribution in [-0.2, 0) is 6.54 Å². The average Bonchev–Trinajstić information content (AvgIpc) is 3.37. The topological polar surface area (TPSA) is 69.6 Å². The van der Waals surface area contributed by atoms with Crippen molar-refractivity contribution in [1.29, 1.82) is 0 Å². The van der Waals surface area contributed by atoms with Crippen molar-refractivity contribution >= 4 is 35.0 Å². The summed E-state index contributed by atoms with van der Waals surface area (Å²) < 4.78 is 7.99. The number of benzene rings is 2. The Bertz CT molecular complexity index is 1180. The predicted molar refractivity (Wildman–Crippen MR) is 124 cm³/mol. The highest BCUT2D eigenvalue weighted by Gasteiger charge is 2.23. The number of hydrogen-bond acceptors (Lipinski definition) is 6. The molecular formula is C22H21Cl2N5OS. The van der Waals surface area contributed by atoms with E-state index in [2.05, 4.69) is 38.8 Å². The molecule has 6 nitrogen and oxygen atoms in total. The normalized spacial score (nSPS) is 12.5. The van der Waals surface area contributed by atoms with Crippen LogP contribution in [0.4, 0.5) is 0 Å². The van der Waals surface area contributed by atoms with E-state index in [0.717, 1.165) is 22.8 Å². The number of rotatable bonds is 7. The van der Waals surface area contributed by atoms with Crippen LogP contribution in [0.25, 0.3) is 22.8 Å². The highest BCUT2D eigenvalue weighted by Crippen LogP contribution is 2.37. The van der Waals surface area contributed by atoms with Crippen LogP contribution in [-0.4, -0.2) is 25.0 Å². The van der Waals surface area contributed by atoms with Gasteiger partial charge in [-0.25, -0.2) is 0 Å². The molecule has 160 valence electrons. The predicted octanol–water partition coefficient (Wildman–Crippen LogP) is 6.81. The quantitative estimate of drug-likeness (QED) is 0.274. The molecule has 0 bridgehead atoms. The Kier molecular flexibility index (Phi) is 6.65. The van der Waals surface area contributed by atoms with Crippen LogP contribution >= 0.6 is 35.0 Å². The summed E-state index contributed by atoms with van der Waals surface area (Å²) in [6.07, 6.45) is 0. The molecule has 4 aromatic rings. The molecule has 0 saturated carbocycles. The third-order valence-electron chi connectivity index (χ3n) is 4.53. The zero-order valence-corrected chi connectivity index (χ0v) is 19.6. The lowest BCUT2D eigenvalue weighted by molar-refractivity contribution is 0.493. The summed E-state index contributed by atoms with van der Waals surface area (Å²) in [5.74, 6) is 2.14. The van der Waals surface area contributed by atoms with Crippen molar-refractivity contribution in [3.8, 4) is 22.8 Å². The first-order valence-corrected chi connectivity index (χ1v) is 11.5. The van der Waals surface area contributed by atoms with E-state index < -0.39 is 0 Å². The molecule has 1 atom stereocenters. The van der Waals surface area contributed by atoms with E-state index in [4.69, 9.17) is 27.6 Å². The number of thioether (sulfide) groups is 1. The molecule has 0 radical (unpaired) electrons. The van der Waals surface area contributed by atoms with Crippen LogP contribution in [0, 0.1) is 5.92 Å². The van der Waals surface area contributed by atoms with Crippen molar-refractivity contribution in [2.45, 2.75) is 37.7 Å². The Morgan fingerprint density at radius 2 is 1.74 bits per heavy atom. The van der Waals surface area contributed by atoms with Gasteiger partial charge in [-0.3, -0.25) is 0 Å². The van der Waals surface area contributed by atoms with Crippen LogP contribution in [0.15, 0.2) is 58.1 Å². The first kappa shape index (κ1) is 21.9. The van der Waals surface area contributed by atoms with E-state index in [0.29, 0.717) is 33.6 Å². The average molecular weight is 474 g/mol. The van der Waals surface area contributed by atoms with E-state index in [1.54, 1.807) is 12.1 Å². The molecule has 0 aliphatic heterocycles. The van der Waals surface area contributed by atoms with Gasteiger partial charge in [0.05, 0.1) is 10.3 Å². The van der Waals surface area contributed by atoms with Gasteiger partial charge in [0.25, 0.3) is 0 Å². The summed E-state index contributed by atoms with van der Waals surface area (Å²) >= 11 is 14.0. The first-order chi connectivity index (χ1) is 14.9. The van der Waals surface area contributed by atoms with Crippen molar-refractivity contribution in [1.82, 2.24) is 25.0 Å². The molecule has 0 fully saturated rings. The first-order valence-electron chi connectivity index (χ1n) is 9.86. The van der Waals surface area contributed by atoms with E-state index in [-0.39, 0.29) is 5.25 Å². The van der Waals surface area contributed by atoms with Gasteiger partial charge < -0.3 is 8.98 Å². The van der Waals surface area contributed by atoms with Crippen molar-refractivity contribution in [2.24, 2.45) is 5.92 Å². The minimum absolute atomic E-state index is 0.103. The maximum atomic E-state index is 6.44. The third kappa shape index (κ3) is 4.95. The maximum Gasteiger partial charge on any atom is 0.247 e. The second-order valence-electron chi connectivity index (χ2n) is 7.51. The molecule has 31 heavy (non-hydrogen) atoms. The molecule has 2 aromatic heterocycles. The molecule has 0 spiro atoms. The van der Waals surface area contributed by atoms with Crippen molar-refractivity contribution in [3.05, 3.63) is 64.5 Å². The summed E-state index contributed by atoms with van der Waals surface area (Å²) in [6.45, 7) is 7.05. The number of aromatic nitrogens is 5. The van der Waals surface area contributed by atoms with Crippen LogP contribution in [0.1, 0.15) is 31.9 Å². The molecule has 0 saturated heterocycles. The standard InChI is InChI=1S/C22H21Cl2N5OS/c1-13(2)12-29-19(17-10-9-16(23)11-18(17)24)25-28-22(29)31-14(3)20-26-27-21(30-20)15-7-5-4-6-8-15/h4-11,13-14H,12H2,1-3H3/t14-/m0/s1. The van der Waals surface area contributed by atoms with E-state index in [9.17, 15) is 0 Å². The Hall–Kier alpha value is -2.35. The maximum absolute atomic E-state index is 6.44. The zero-order chi connectivity index (χ0) is 22.0. The lowest BCUT2D eigenvalue weighted by Gasteiger charge is -2.14. The molecule has 0 aliphatic rings. The van der Waals surface area contributed by atoms with Gasteiger partial charge in [0, 0.05) is 22.7 Å². The van der Waals surface area contributed by atoms with E-state index in [1.807, 2.05) is 43.3 Å². The van der Waals surface area contributed by atoms with Crippen molar-refractivity contribution in [2.75, 3.05) is 0 Å². The van der Waals surface area contributed by atoms with E-state index in [1.165, 1.54) is 11.8 Å². The number of hydrogen-bond donors (Lipinski definition) is 0. The molecule has 0 amide bonds. The van der Waals surface area contributed by atoms with Gasteiger partial charge in [-0.15, -0.1) is 20.4 Å². The van der Waals surface area contributed by atoms with Crippen molar-refractivity contribution < 1.29 is 4.42 Å². The fourth-order valence-electron chi connectivity index (χ4n) is 3.08. The molecule has 2 aromatic carbocycles. The van der Waals surface area contributed by atoms with E-state index >= 15 is 0 Å². The molecular weight excluding hydrogens is 453 g/mol. The third-order valence-corrected chi connectivity index (χ3v) is 6.14. The molecule has 4 rings (SSSR count). The summed E-state index contributed by atoms with van der Waals surface area (Å²) in [4.78, 5) is 0. The molecule has 0 N–H and O–H groups in total. The van der Waals surface area contributed by atoms with Crippen LogP contribution < -0.4 is 0 Å². The highest BCUT2D eigenvalue weighted by atomic mass is 35.5. The Morgan fingerprint density at radius 3 is 2.45 bits per heavy atom. The molecule has 9 heteroatoms. The summed E-state index contributed by atoms with van der Waals surface area (Å²) in [5.41, 5.74) is 1.68. The second kappa shape index (κ2) is 9.42. The van der Waals surface area contributed by atoms with Crippen molar-refractivity contribution in [3.63, 3.8) is 0 Å². The minimum Gasteiger partial charge on any atom is -0.419 e. The zero-order valence-electron chi connectivity index (χ0n) is 17.3. The van der Waals surface area contributed by atoms with Gasteiger partial charge >= 0.3 is 0 Å². The monoisotopic (exact) mass is 473 g/mol. The van der Waals surface area contributed by atoms with Crippen LogP contribution in [0.2, 0.25) is 10.0 Å². The number of halogens is 2. The largest absolute Gasteiger partial charge is 0.419 e. The smallest absolute Gasteiger partial charge is 0.247 e. The van der Waals surface area contributed by atoms with Crippen LogP contribution in [0.5, 0.6) is 0 Å². The van der Waals surface area contributed by atoms with Gasteiger partial charge in [0.1, 0.15) is 0 Å². The lowest BCUT2D eigenvalue weighted by Crippen LogP contribution is -2.08. The van der Waals surface area contributed by atoms with Gasteiger partial charge in [0.15, 0.2) is 11.0 Å². The molecule has 2 heterocycles. The minimum atomic E-state index is -0.103. The molecule has 0 unspecified atom stereocenters. The Morgan fingerprint density at radius 1 is 0.968 bits per heavy atom.